The van der Waals surface area contributed by atoms with Crippen molar-refractivity contribution >= 4 is 16.2 Å². The van der Waals surface area contributed by atoms with E-state index in [0.717, 1.165) is 71.0 Å². The lowest BCUT2D eigenvalue weighted by atomic mass is 9.80. The number of nitrogens with one attached hydrogen (secondary N) is 1. The average molecular weight is 543 g/mol. The number of hydrogen-bond donors (Lipinski definition) is 2. The van der Waals surface area contributed by atoms with Crippen molar-refractivity contribution in [3.8, 4) is 11.1 Å². The van der Waals surface area contributed by atoms with E-state index in [1.165, 1.54) is 0 Å². The molecule has 8 heteroatoms. The second kappa shape index (κ2) is 11.1. The van der Waals surface area contributed by atoms with Gasteiger partial charge in [0.2, 0.25) is 0 Å². The molecule has 2 aromatic rings. The predicted octanol–water partition coefficient (Wildman–Crippen LogP) is 5.74. The van der Waals surface area contributed by atoms with Crippen LogP contribution in [0.3, 0.4) is 0 Å². The molecular weight excluding hydrogens is 500 g/mol. The third kappa shape index (κ3) is 6.14. The van der Waals surface area contributed by atoms with Gasteiger partial charge in [-0.05, 0) is 94.2 Å². The van der Waals surface area contributed by atoms with Crippen LogP contribution in [0.5, 0.6) is 0 Å². The molecule has 1 aliphatic heterocycles. The third-order valence-corrected chi connectivity index (χ3v) is 9.45. The molecule has 0 spiro atoms. The smallest absolute Gasteiger partial charge is 0.337 e. The van der Waals surface area contributed by atoms with Crippen LogP contribution < -0.4 is 4.72 Å². The Morgan fingerprint density at radius 1 is 1.03 bits per heavy atom. The number of aryl methyl sites for hydroxylation is 1. The normalized spacial score (nSPS) is 18.3. The highest BCUT2D eigenvalue weighted by atomic mass is 32.2. The highest BCUT2D eigenvalue weighted by Crippen LogP contribution is 2.43. The Morgan fingerprint density at radius 2 is 1.66 bits per heavy atom. The van der Waals surface area contributed by atoms with Crippen LogP contribution in [-0.2, 0) is 32.7 Å². The van der Waals surface area contributed by atoms with Gasteiger partial charge in [-0.25, -0.2) is 4.79 Å². The number of rotatable bonds is 7. The second-order valence-corrected chi connectivity index (χ2v) is 13.6. The standard InChI is InChI=1S/C30H42N2O5S/c1-19-12-14-22(15-13-19)26-21(3)25-18-32(38(35,36)31-23-10-8-7-9-11-23)17-16-24(25)20(2)27(26)28(29(33)34)37-30(4,5)6/h12-15,23,28,31H,7-11,16-18H2,1-6H3,(H,33,34)/t28-/m0/s1. The molecular formula is C30H42N2O5S. The Balaban J connectivity index is 1.83. The van der Waals surface area contributed by atoms with Crippen LogP contribution in [0.2, 0.25) is 0 Å². The van der Waals surface area contributed by atoms with E-state index >= 15 is 0 Å². The molecule has 208 valence electrons. The van der Waals surface area contributed by atoms with Crippen LogP contribution in [0.4, 0.5) is 0 Å². The zero-order valence-corrected chi connectivity index (χ0v) is 24.4. The summed E-state index contributed by atoms with van der Waals surface area (Å²) in [6.07, 6.45) is 4.41. The number of aliphatic carboxylic acids is 1. The molecule has 2 aromatic carbocycles. The molecule has 1 saturated carbocycles. The largest absolute Gasteiger partial charge is 0.479 e. The van der Waals surface area contributed by atoms with Gasteiger partial charge in [-0.3, -0.25) is 0 Å². The van der Waals surface area contributed by atoms with Crippen molar-refractivity contribution in [2.45, 2.75) is 104 Å². The fourth-order valence-corrected chi connectivity index (χ4v) is 7.35. The monoisotopic (exact) mass is 542 g/mol. The lowest BCUT2D eigenvalue weighted by molar-refractivity contribution is -0.160. The highest BCUT2D eigenvalue weighted by Gasteiger charge is 2.36. The maximum atomic E-state index is 13.4. The summed E-state index contributed by atoms with van der Waals surface area (Å²) in [6.45, 7) is 12.2. The summed E-state index contributed by atoms with van der Waals surface area (Å²) < 4.78 is 37.4. The van der Waals surface area contributed by atoms with Crippen molar-refractivity contribution in [1.82, 2.24) is 9.03 Å². The summed E-state index contributed by atoms with van der Waals surface area (Å²) in [5, 5.41) is 10.3. The Morgan fingerprint density at radius 3 is 2.24 bits per heavy atom. The molecule has 0 unspecified atom stereocenters. The highest BCUT2D eigenvalue weighted by molar-refractivity contribution is 7.87. The SMILES string of the molecule is Cc1ccc(-c2c(C)c3c(c(C)c2[C@H](OC(C)(C)C)C(=O)O)CCN(S(=O)(=O)NC2CCCCC2)C3)cc1. The minimum atomic E-state index is -3.64. The molecule has 0 bridgehead atoms. The predicted molar refractivity (Wildman–Crippen MR) is 150 cm³/mol. The molecule has 1 heterocycles. The van der Waals surface area contributed by atoms with E-state index in [1.807, 2.05) is 65.8 Å². The summed E-state index contributed by atoms with van der Waals surface area (Å²) in [5.41, 5.74) is 6.58. The van der Waals surface area contributed by atoms with Crippen LogP contribution in [0.15, 0.2) is 24.3 Å². The number of benzene rings is 2. The number of carboxylic acids is 1. The van der Waals surface area contributed by atoms with Gasteiger partial charge in [0.25, 0.3) is 10.2 Å². The van der Waals surface area contributed by atoms with E-state index in [1.54, 1.807) is 4.31 Å². The van der Waals surface area contributed by atoms with Crippen LogP contribution in [0.25, 0.3) is 11.1 Å². The number of hydrogen-bond acceptors (Lipinski definition) is 4. The van der Waals surface area contributed by atoms with Crippen LogP contribution in [0.1, 0.15) is 92.4 Å². The van der Waals surface area contributed by atoms with Gasteiger partial charge < -0.3 is 9.84 Å². The van der Waals surface area contributed by atoms with Crippen LogP contribution >= 0.6 is 0 Å². The maximum Gasteiger partial charge on any atom is 0.337 e. The van der Waals surface area contributed by atoms with Crippen molar-refractivity contribution in [3.63, 3.8) is 0 Å². The quantitative estimate of drug-likeness (QED) is 0.465. The molecule has 38 heavy (non-hydrogen) atoms. The van der Waals surface area contributed by atoms with E-state index in [-0.39, 0.29) is 12.6 Å². The molecule has 1 atom stereocenters. The van der Waals surface area contributed by atoms with Crippen molar-refractivity contribution in [1.29, 1.82) is 0 Å². The fraction of sp³-hybridized carbons (Fsp3) is 0.567. The van der Waals surface area contributed by atoms with Crippen LogP contribution in [-0.4, -0.2) is 42.0 Å². The first-order valence-electron chi connectivity index (χ1n) is 13.7. The number of ether oxygens (including phenoxy) is 1. The zero-order valence-electron chi connectivity index (χ0n) is 23.6. The topological polar surface area (TPSA) is 95.9 Å². The van der Waals surface area contributed by atoms with Gasteiger partial charge in [0.05, 0.1) is 5.60 Å². The second-order valence-electron chi connectivity index (χ2n) is 11.9. The Hall–Kier alpha value is -2.26. The van der Waals surface area contributed by atoms with Crippen molar-refractivity contribution in [3.05, 3.63) is 57.6 Å². The number of nitrogens with zero attached hydrogens (tertiary/aromatic N) is 1. The van der Waals surface area contributed by atoms with E-state index < -0.39 is 27.9 Å². The molecule has 1 fully saturated rings. The molecule has 2 aliphatic rings. The summed E-state index contributed by atoms with van der Waals surface area (Å²) in [6, 6.07) is 8.03. The van der Waals surface area contributed by atoms with Gasteiger partial charge in [0.15, 0.2) is 6.10 Å². The Bertz CT molecular complexity index is 1290. The summed E-state index contributed by atoms with van der Waals surface area (Å²) >= 11 is 0. The zero-order chi connectivity index (χ0) is 27.8. The minimum absolute atomic E-state index is 0.00523. The molecule has 0 radical (unpaired) electrons. The first-order valence-corrected chi connectivity index (χ1v) is 15.1. The number of carboxylic acid groups (broad SMARTS) is 1. The first kappa shape index (κ1) is 28.7. The number of fused-ring (bicyclic) bond motifs is 1. The molecule has 0 aromatic heterocycles. The summed E-state index contributed by atoms with van der Waals surface area (Å²) in [4.78, 5) is 12.6. The lowest BCUT2D eigenvalue weighted by Crippen LogP contribution is -2.47. The van der Waals surface area contributed by atoms with Gasteiger partial charge >= 0.3 is 5.97 Å². The van der Waals surface area contributed by atoms with Crippen molar-refractivity contribution in [2.75, 3.05) is 6.54 Å². The summed E-state index contributed by atoms with van der Waals surface area (Å²) in [5.74, 6) is -1.03. The van der Waals surface area contributed by atoms with Gasteiger partial charge in [0.1, 0.15) is 0 Å². The van der Waals surface area contributed by atoms with Crippen molar-refractivity contribution in [2.24, 2.45) is 0 Å². The first-order chi connectivity index (χ1) is 17.8. The van der Waals surface area contributed by atoms with Gasteiger partial charge in [-0.2, -0.15) is 17.4 Å². The van der Waals surface area contributed by atoms with Gasteiger partial charge in [0, 0.05) is 24.7 Å². The molecule has 1 aliphatic carbocycles. The molecule has 0 saturated heterocycles. The molecule has 2 N–H and O–H groups in total. The van der Waals surface area contributed by atoms with E-state index in [2.05, 4.69) is 4.72 Å². The minimum Gasteiger partial charge on any atom is -0.479 e. The third-order valence-electron chi connectivity index (χ3n) is 7.82. The van der Waals surface area contributed by atoms with Gasteiger partial charge in [-0.1, -0.05) is 49.1 Å². The fourth-order valence-electron chi connectivity index (χ4n) is 5.92. The lowest BCUT2D eigenvalue weighted by Gasteiger charge is -2.35. The van der Waals surface area contributed by atoms with E-state index in [9.17, 15) is 18.3 Å². The van der Waals surface area contributed by atoms with Crippen molar-refractivity contribution < 1.29 is 23.1 Å². The van der Waals surface area contributed by atoms with Crippen LogP contribution in [0, 0.1) is 20.8 Å². The summed E-state index contributed by atoms with van der Waals surface area (Å²) in [7, 11) is -3.64. The Kier molecular flexibility index (Phi) is 8.38. The Labute approximate surface area is 227 Å². The number of carbonyl (C=O) groups is 1. The van der Waals surface area contributed by atoms with E-state index in [0.29, 0.717) is 18.5 Å². The molecule has 4 rings (SSSR count). The maximum absolute atomic E-state index is 13.4. The van der Waals surface area contributed by atoms with Gasteiger partial charge in [-0.15, -0.1) is 0 Å². The molecule has 0 amide bonds. The molecule has 7 nitrogen and oxygen atoms in total. The average Bonchev–Trinajstić information content (AvgIpc) is 2.85. The van der Waals surface area contributed by atoms with E-state index in [4.69, 9.17) is 4.74 Å².